The molecule has 1 aliphatic rings. The van der Waals surface area contributed by atoms with E-state index in [-0.39, 0.29) is 23.7 Å². The van der Waals surface area contributed by atoms with Gasteiger partial charge in [-0.25, -0.2) is 9.59 Å². The fourth-order valence-corrected chi connectivity index (χ4v) is 3.36. The van der Waals surface area contributed by atoms with E-state index in [1.165, 1.54) is 36.4 Å². The summed E-state index contributed by atoms with van der Waals surface area (Å²) in [5.41, 5.74) is -0.0641. The van der Waals surface area contributed by atoms with Crippen LogP contribution in [0.5, 0.6) is 11.5 Å². The molecule has 0 bridgehead atoms. The Morgan fingerprint density at radius 2 is 1.71 bits per heavy atom. The van der Waals surface area contributed by atoms with E-state index in [9.17, 15) is 24.8 Å². The fourth-order valence-electron chi connectivity index (χ4n) is 3.36. The molecule has 0 aromatic heterocycles. The Hall–Kier alpha value is -3.86. The Labute approximate surface area is 195 Å². The number of phenolic OH excluding ortho intramolecular Hbond substituents is 1. The van der Waals surface area contributed by atoms with E-state index in [4.69, 9.17) is 18.9 Å². The Kier molecular flexibility index (Phi) is 7.57. The minimum Gasteiger partial charge on any atom is -0.508 e. The Bertz CT molecular complexity index is 1020. The summed E-state index contributed by atoms with van der Waals surface area (Å²) in [6, 6.07) is 11.0. The maximum atomic E-state index is 12.5. The van der Waals surface area contributed by atoms with E-state index in [0.717, 1.165) is 5.56 Å². The number of carbonyl (C=O) groups excluding carboxylic acids is 2. The second kappa shape index (κ2) is 10.4. The van der Waals surface area contributed by atoms with Gasteiger partial charge >= 0.3 is 12.3 Å². The number of hydrogen-bond donors (Lipinski definition) is 2. The van der Waals surface area contributed by atoms with Crippen LogP contribution in [0.2, 0.25) is 0 Å². The molecule has 2 aromatic rings. The predicted molar refractivity (Wildman–Crippen MR) is 119 cm³/mol. The van der Waals surface area contributed by atoms with E-state index in [1.807, 2.05) is 0 Å². The van der Waals surface area contributed by atoms with E-state index in [1.54, 1.807) is 32.9 Å². The van der Waals surface area contributed by atoms with Crippen molar-refractivity contribution in [2.75, 3.05) is 6.54 Å². The van der Waals surface area contributed by atoms with Crippen LogP contribution in [0.3, 0.4) is 0 Å². The number of phenols is 1. The molecule has 0 spiro atoms. The molecule has 0 amide bonds. The first-order valence-corrected chi connectivity index (χ1v) is 10.5. The molecule has 1 saturated heterocycles. The number of nitro groups is 1. The number of ether oxygens (including phenoxy) is 4. The zero-order valence-corrected chi connectivity index (χ0v) is 18.9. The van der Waals surface area contributed by atoms with Gasteiger partial charge in [0.25, 0.3) is 5.69 Å². The summed E-state index contributed by atoms with van der Waals surface area (Å²) in [5, 5.41) is 23.5. The number of nitrogens with zero attached hydrogens (tertiary/aromatic N) is 1. The lowest BCUT2D eigenvalue weighted by molar-refractivity contribution is -0.384. The summed E-state index contributed by atoms with van der Waals surface area (Å²) < 4.78 is 21.3. The molecule has 0 unspecified atom stereocenters. The molecule has 11 heteroatoms. The summed E-state index contributed by atoms with van der Waals surface area (Å²) in [4.78, 5) is 34.9. The molecule has 0 saturated carbocycles. The topological polar surface area (TPSA) is 146 Å². The number of nitrogens with one attached hydrogen (secondary N) is 1. The second-order valence-electron chi connectivity index (χ2n) is 8.69. The molecule has 0 aliphatic carbocycles. The van der Waals surface area contributed by atoms with Crippen molar-refractivity contribution in [1.29, 1.82) is 0 Å². The third-order valence-electron chi connectivity index (χ3n) is 4.85. The minimum atomic E-state index is -1.06. The van der Waals surface area contributed by atoms with Crippen molar-refractivity contribution >= 4 is 18.0 Å². The van der Waals surface area contributed by atoms with Gasteiger partial charge in [0, 0.05) is 18.7 Å². The van der Waals surface area contributed by atoms with Crippen LogP contribution in [0.15, 0.2) is 48.5 Å². The fraction of sp³-hybridized carbons (Fsp3) is 0.391. The lowest BCUT2D eigenvalue weighted by Crippen LogP contribution is -2.41. The molecule has 3 atom stereocenters. The highest BCUT2D eigenvalue weighted by Gasteiger charge is 2.42. The smallest absolute Gasteiger partial charge is 0.508 e. The lowest BCUT2D eigenvalue weighted by atomic mass is 10.0. The van der Waals surface area contributed by atoms with Crippen LogP contribution >= 0.6 is 0 Å². The molecule has 1 fully saturated rings. The molecule has 2 N–H and O–H groups in total. The van der Waals surface area contributed by atoms with Gasteiger partial charge in [-0.05, 0) is 57.0 Å². The van der Waals surface area contributed by atoms with E-state index in [0.29, 0.717) is 6.42 Å². The van der Waals surface area contributed by atoms with Crippen molar-refractivity contribution in [3.63, 3.8) is 0 Å². The number of carbonyl (C=O) groups is 2. The van der Waals surface area contributed by atoms with Crippen molar-refractivity contribution in [1.82, 2.24) is 5.32 Å². The molecule has 2 aromatic carbocycles. The standard InChI is InChI=1S/C23H26N2O9/c1-23(2,3)34-22(28)32-19-13-24-18(12-14-4-8-16(26)9-5-14)20(19)33-21(27)31-17-10-6-15(7-11-17)25(29)30/h4-11,18-20,24,26H,12-13H2,1-3H3/t18-,19+,20+/m1/s1. The normalized spacial score (nSPS) is 19.8. The van der Waals surface area contributed by atoms with Crippen LogP contribution in [0, 0.1) is 10.1 Å². The van der Waals surface area contributed by atoms with E-state index >= 15 is 0 Å². The van der Waals surface area contributed by atoms with Crippen LogP contribution < -0.4 is 10.1 Å². The predicted octanol–water partition coefficient (Wildman–Crippen LogP) is 3.72. The Morgan fingerprint density at radius 3 is 2.29 bits per heavy atom. The van der Waals surface area contributed by atoms with E-state index < -0.39 is 41.1 Å². The van der Waals surface area contributed by atoms with Gasteiger partial charge in [-0.1, -0.05) is 12.1 Å². The van der Waals surface area contributed by atoms with Gasteiger partial charge < -0.3 is 29.4 Å². The van der Waals surface area contributed by atoms with Gasteiger partial charge in [0.15, 0.2) is 12.2 Å². The maximum Gasteiger partial charge on any atom is 0.514 e. The van der Waals surface area contributed by atoms with Crippen molar-refractivity contribution in [2.24, 2.45) is 0 Å². The highest BCUT2D eigenvalue weighted by atomic mass is 16.8. The average molecular weight is 474 g/mol. The van der Waals surface area contributed by atoms with Crippen molar-refractivity contribution in [2.45, 2.75) is 51.0 Å². The third kappa shape index (κ3) is 7.07. The second-order valence-corrected chi connectivity index (χ2v) is 8.69. The van der Waals surface area contributed by atoms with Crippen LogP contribution in [0.1, 0.15) is 26.3 Å². The molecule has 1 heterocycles. The van der Waals surface area contributed by atoms with E-state index in [2.05, 4.69) is 5.32 Å². The first kappa shape index (κ1) is 24.8. The van der Waals surface area contributed by atoms with Crippen molar-refractivity contribution in [3.05, 3.63) is 64.2 Å². The first-order chi connectivity index (χ1) is 16.0. The molecular formula is C23H26N2O9. The quantitative estimate of drug-likeness (QED) is 0.275. The summed E-state index contributed by atoms with van der Waals surface area (Å²) in [6.07, 6.45) is -3.31. The van der Waals surface area contributed by atoms with Gasteiger partial charge in [-0.3, -0.25) is 10.1 Å². The van der Waals surface area contributed by atoms with Gasteiger partial charge in [-0.15, -0.1) is 0 Å². The molecule has 11 nitrogen and oxygen atoms in total. The summed E-state index contributed by atoms with van der Waals surface area (Å²) >= 11 is 0. The molecule has 0 radical (unpaired) electrons. The molecular weight excluding hydrogens is 448 g/mol. The monoisotopic (exact) mass is 474 g/mol. The Morgan fingerprint density at radius 1 is 1.06 bits per heavy atom. The number of benzene rings is 2. The highest BCUT2D eigenvalue weighted by molar-refractivity contribution is 5.65. The SMILES string of the molecule is CC(C)(C)OC(=O)O[C@H]1CN[C@H](Cc2ccc(O)cc2)[C@@H]1OC(=O)Oc1ccc([N+](=O)[O-])cc1. The summed E-state index contributed by atoms with van der Waals surface area (Å²) in [5.74, 6) is 0.176. The molecule has 3 rings (SSSR count). The molecule has 1 aliphatic heterocycles. The van der Waals surface area contributed by atoms with Crippen LogP contribution in [0.4, 0.5) is 15.3 Å². The lowest BCUT2D eigenvalue weighted by Gasteiger charge is -2.25. The molecule has 182 valence electrons. The highest BCUT2D eigenvalue weighted by Crippen LogP contribution is 2.24. The first-order valence-electron chi connectivity index (χ1n) is 10.5. The number of rotatable bonds is 6. The van der Waals surface area contributed by atoms with Crippen LogP contribution in [0.25, 0.3) is 0 Å². The maximum absolute atomic E-state index is 12.5. The van der Waals surface area contributed by atoms with Gasteiger partial charge in [0.05, 0.1) is 11.0 Å². The number of hydrogen-bond acceptors (Lipinski definition) is 10. The largest absolute Gasteiger partial charge is 0.514 e. The van der Waals surface area contributed by atoms with Gasteiger partial charge in [0.1, 0.15) is 17.1 Å². The zero-order valence-electron chi connectivity index (χ0n) is 18.9. The number of aromatic hydroxyl groups is 1. The minimum absolute atomic E-state index is 0.0567. The summed E-state index contributed by atoms with van der Waals surface area (Å²) in [6.45, 7) is 5.30. The van der Waals surface area contributed by atoms with Gasteiger partial charge in [-0.2, -0.15) is 0 Å². The number of nitro benzene ring substituents is 1. The van der Waals surface area contributed by atoms with Gasteiger partial charge in [0.2, 0.25) is 0 Å². The third-order valence-corrected chi connectivity index (χ3v) is 4.85. The van der Waals surface area contributed by atoms with Crippen molar-refractivity contribution in [3.8, 4) is 11.5 Å². The number of non-ortho nitro benzene ring substituents is 1. The molecule has 34 heavy (non-hydrogen) atoms. The Balaban J connectivity index is 1.71. The van der Waals surface area contributed by atoms with Crippen LogP contribution in [-0.2, 0) is 20.6 Å². The van der Waals surface area contributed by atoms with Crippen molar-refractivity contribution < 1.29 is 38.6 Å². The average Bonchev–Trinajstić information content (AvgIpc) is 3.09. The van der Waals surface area contributed by atoms with Crippen LogP contribution in [-0.4, -0.2) is 52.7 Å². The summed E-state index contributed by atoms with van der Waals surface area (Å²) in [7, 11) is 0. The zero-order chi connectivity index (χ0) is 24.9.